The number of aromatic nitrogens is 3. The first kappa shape index (κ1) is 21.1. The van der Waals surface area contributed by atoms with E-state index in [0.29, 0.717) is 32.5 Å². The number of nitrogens with one attached hydrogen (secondary N) is 1. The second kappa shape index (κ2) is 9.23. The van der Waals surface area contributed by atoms with Crippen LogP contribution < -0.4 is 5.32 Å². The molecule has 0 unspecified atom stereocenters. The Balaban J connectivity index is 1.85. The lowest BCUT2D eigenvalue weighted by Gasteiger charge is -2.09. The zero-order valence-corrected chi connectivity index (χ0v) is 18.0. The second-order valence-corrected chi connectivity index (χ2v) is 8.53. The standard InChI is InChI=1S/C20H17Cl2N5OS/c1-12(2)8-18-25-26-20(29-18)24-19(28)13(11-23)9-15-4-3-7-27(15)17-10-14(21)5-6-16(17)22/h3-7,9-10,12H,8H2,1-2H3,(H,24,26,28). The smallest absolute Gasteiger partial charge is 0.268 e. The SMILES string of the molecule is CC(C)Cc1nnc(NC(=O)C(C#N)=Cc2cccn2-c2cc(Cl)ccc2Cl)s1. The van der Waals surface area contributed by atoms with Gasteiger partial charge in [0, 0.05) is 23.3 Å². The number of carbonyl (C=O) groups excluding carboxylic acids is 1. The van der Waals surface area contributed by atoms with E-state index in [9.17, 15) is 10.1 Å². The summed E-state index contributed by atoms with van der Waals surface area (Å²) in [6, 6.07) is 10.6. The van der Waals surface area contributed by atoms with Gasteiger partial charge in [-0.3, -0.25) is 10.1 Å². The molecule has 2 heterocycles. The molecule has 0 aliphatic carbocycles. The first-order valence-electron chi connectivity index (χ1n) is 8.75. The average molecular weight is 446 g/mol. The number of hydrogen-bond donors (Lipinski definition) is 1. The van der Waals surface area contributed by atoms with E-state index in [2.05, 4.69) is 29.4 Å². The molecule has 0 saturated heterocycles. The lowest BCUT2D eigenvalue weighted by Crippen LogP contribution is -2.13. The molecule has 3 aromatic rings. The van der Waals surface area contributed by atoms with Crippen molar-refractivity contribution in [3.63, 3.8) is 0 Å². The lowest BCUT2D eigenvalue weighted by atomic mass is 10.1. The normalized spacial score (nSPS) is 11.5. The Labute approximate surface area is 182 Å². The molecule has 0 saturated carbocycles. The Morgan fingerprint density at radius 3 is 2.86 bits per heavy atom. The van der Waals surface area contributed by atoms with E-state index in [1.807, 2.05) is 6.07 Å². The zero-order valence-electron chi connectivity index (χ0n) is 15.7. The van der Waals surface area contributed by atoms with Crippen LogP contribution in [0.4, 0.5) is 5.13 Å². The molecule has 1 amide bonds. The first-order chi connectivity index (χ1) is 13.9. The summed E-state index contributed by atoms with van der Waals surface area (Å²) in [5.74, 6) is -0.114. The van der Waals surface area contributed by atoms with Crippen molar-refractivity contribution in [2.75, 3.05) is 5.32 Å². The highest BCUT2D eigenvalue weighted by molar-refractivity contribution is 7.15. The Morgan fingerprint density at radius 1 is 1.34 bits per heavy atom. The Bertz CT molecular complexity index is 1110. The summed E-state index contributed by atoms with van der Waals surface area (Å²) >= 11 is 13.7. The molecule has 0 atom stereocenters. The number of carbonyl (C=O) groups is 1. The molecular formula is C20H17Cl2N5OS. The van der Waals surface area contributed by atoms with Crippen molar-refractivity contribution in [3.8, 4) is 11.8 Å². The molecule has 2 aromatic heterocycles. The van der Waals surface area contributed by atoms with Gasteiger partial charge in [0.2, 0.25) is 5.13 Å². The van der Waals surface area contributed by atoms with Crippen molar-refractivity contribution in [1.82, 2.24) is 14.8 Å². The minimum absolute atomic E-state index is 0.0660. The molecule has 0 aliphatic heterocycles. The maximum atomic E-state index is 12.6. The van der Waals surface area contributed by atoms with Crippen LogP contribution in [0, 0.1) is 17.2 Å². The molecule has 6 nitrogen and oxygen atoms in total. The predicted molar refractivity (Wildman–Crippen MR) is 116 cm³/mol. The summed E-state index contributed by atoms with van der Waals surface area (Å²) in [5.41, 5.74) is 1.19. The predicted octanol–water partition coefficient (Wildman–Crippen LogP) is 5.38. The molecular weight excluding hydrogens is 429 g/mol. The Morgan fingerprint density at radius 2 is 2.14 bits per heavy atom. The van der Waals surface area contributed by atoms with Gasteiger partial charge in [-0.1, -0.05) is 48.4 Å². The fraction of sp³-hybridized carbons (Fsp3) is 0.200. The molecule has 0 bridgehead atoms. The van der Waals surface area contributed by atoms with Gasteiger partial charge in [0.1, 0.15) is 16.6 Å². The van der Waals surface area contributed by atoms with Crippen molar-refractivity contribution in [2.45, 2.75) is 20.3 Å². The highest BCUT2D eigenvalue weighted by Gasteiger charge is 2.15. The van der Waals surface area contributed by atoms with Crippen molar-refractivity contribution in [2.24, 2.45) is 5.92 Å². The summed E-state index contributed by atoms with van der Waals surface area (Å²) in [7, 11) is 0. The molecule has 0 radical (unpaired) electrons. The largest absolute Gasteiger partial charge is 0.316 e. The molecule has 3 rings (SSSR count). The van der Waals surface area contributed by atoms with Gasteiger partial charge in [-0.25, -0.2) is 0 Å². The van der Waals surface area contributed by atoms with Crippen LogP contribution in [-0.2, 0) is 11.2 Å². The summed E-state index contributed by atoms with van der Waals surface area (Å²) in [6.07, 6.45) is 4.05. The Kier molecular flexibility index (Phi) is 6.70. The van der Waals surface area contributed by atoms with Crippen molar-refractivity contribution < 1.29 is 4.79 Å². The van der Waals surface area contributed by atoms with E-state index in [1.54, 1.807) is 41.1 Å². The van der Waals surface area contributed by atoms with Crippen LogP contribution in [0.2, 0.25) is 10.0 Å². The fourth-order valence-corrected chi connectivity index (χ4v) is 3.92. The fourth-order valence-electron chi connectivity index (χ4n) is 2.60. The van der Waals surface area contributed by atoms with Crippen LogP contribution in [-0.4, -0.2) is 20.7 Å². The van der Waals surface area contributed by atoms with Gasteiger partial charge in [-0.05, 0) is 42.3 Å². The Hall–Kier alpha value is -2.66. The van der Waals surface area contributed by atoms with Gasteiger partial charge < -0.3 is 4.57 Å². The van der Waals surface area contributed by atoms with E-state index in [-0.39, 0.29) is 5.57 Å². The number of amides is 1. The van der Waals surface area contributed by atoms with Crippen LogP contribution in [0.25, 0.3) is 11.8 Å². The third-order valence-corrected chi connectivity index (χ3v) is 5.29. The van der Waals surface area contributed by atoms with E-state index in [0.717, 1.165) is 11.4 Å². The monoisotopic (exact) mass is 445 g/mol. The number of nitrogens with zero attached hydrogens (tertiary/aromatic N) is 4. The van der Waals surface area contributed by atoms with Gasteiger partial charge in [0.15, 0.2) is 0 Å². The van der Waals surface area contributed by atoms with E-state index in [1.165, 1.54) is 17.4 Å². The van der Waals surface area contributed by atoms with E-state index >= 15 is 0 Å². The molecule has 148 valence electrons. The van der Waals surface area contributed by atoms with E-state index in [4.69, 9.17) is 23.2 Å². The van der Waals surface area contributed by atoms with E-state index < -0.39 is 5.91 Å². The number of anilines is 1. The summed E-state index contributed by atoms with van der Waals surface area (Å²) < 4.78 is 1.75. The summed E-state index contributed by atoms with van der Waals surface area (Å²) in [4.78, 5) is 12.6. The van der Waals surface area contributed by atoms with Crippen molar-refractivity contribution in [1.29, 1.82) is 5.26 Å². The number of rotatable bonds is 6. The third-order valence-electron chi connectivity index (χ3n) is 3.88. The molecule has 0 aliphatic rings. The lowest BCUT2D eigenvalue weighted by molar-refractivity contribution is -0.112. The minimum Gasteiger partial charge on any atom is -0.316 e. The minimum atomic E-state index is -0.551. The van der Waals surface area contributed by atoms with Crippen LogP contribution in [0.15, 0.2) is 42.1 Å². The molecule has 1 aromatic carbocycles. The topological polar surface area (TPSA) is 83.6 Å². The third kappa shape index (κ3) is 5.24. The molecule has 29 heavy (non-hydrogen) atoms. The molecule has 0 fully saturated rings. The average Bonchev–Trinajstić information content (AvgIpc) is 3.30. The van der Waals surface area contributed by atoms with Crippen LogP contribution in [0.3, 0.4) is 0 Å². The molecule has 1 N–H and O–H groups in total. The number of nitriles is 1. The number of hydrogen-bond acceptors (Lipinski definition) is 5. The van der Waals surface area contributed by atoms with Crippen molar-refractivity contribution in [3.05, 3.63) is 62.8 Å². The van der Waals surface area contributed by atoms with Gasteiger partial charge in [-0.15, -0.1) is 10.2 Å². The van der Waals surface area contributed by atoms with Crippen molar-refractivity contribution >= 4 is 51.7 Å². The van der Waals surface area contributed by atoms with Crippen LogP contribution in [0.1, 0.15) is 24.5 Å². The summed E-state index contributed by atoms with van der Waals surface area (Å²) in [5, 5.41) is 22.4. The first-order valence-corrected chi connectivity index (χ1v) is 10.3. The van der Waals surface area contributed by atoms with Gasteiger partial charge in [0.25, 0.3) is 5.91 Å². The quantitative estimate of drug-likeness (QED) is 0.407. The molecule has 9 heteroatoms. The van der Waals surface area contributed by atoms with Crippen LogP contribution in [0.5, 0.6) is 0 Å². The maximum absolute atomic E-state index is 12.6. The highest BCUT2D eigenvalue weighted by Crippen LogP contribution is 2.27. The van der Waals surface area contributed by atoms with Gasteiger partial charge in [0.05, 0.1) is 10.7 Å². The molecule has 0 spiro atoms. The second-order valence-electron chi connectivity index (χ2n) is 6.62. The van der Waals surface area contributed by atoms with Gasteiger partial charge >= 0.3 is 0 Å². The van der Waals surface area contributed by atoms with Gasteiger partial charge in [-0.2, -0.15) is 5.26 Å². The maximum Gasteiger partial charge on any atom is 0.268 e. The summed E-state index contributed by atoms with van der Waals surface area (Å²) in [6.45, 7) is 4.16. The van der Waals surface area contributed by atoms with Crippen LogP contribution >= 0.6 is 34.5 Å². The zero-order chi connectivity index (χ0) is 21.0. The number of benzene rings is 1. The highest BCUT2D eigenvalue weighted by atomic mass is 35.5. The number of halogens is 2.